The Labute approximate surface area is 154 Å². The third-order valence-corrected chi connectivity index (χ3v) is 4.93. The van der Waals surface area contributed by atoms with Crippen LogP contribution >= 0.6 is 0 Å². The van der Waals surface area contributed by atoms with Crippen LogP contribution in [0.4, 0.5) is 13.2 Å². The summed E-state index contributed by atoms with van der Waals surface area (Å²) in [5, 5.41) is 4.00. The Bertz CT molecular complexity index is 939. The number of pyridine rings is 2. The van der Waals surface area contributed by atoms with Crippen molar-refractivity contribution in [3.05, 3.63) is 53.1 Å². The first-order valence-electron chi connectivity index (χ1n) is 8.87. The third kappa shape index (κ3) is 3.66. The topological polar surface area (TPSA) is 55.1 Å². The van der Waals surface area contributed by atoms with Gasteiger partial charge in [0.15, 0.2) is 0 Å². The summed E-state index contributed by atoms with van der Waals surface area (Å²) in [6.45, 7) is 3.75. The summed E-state index contributed by atoms with van der Waals surface area (Å²) in [4.78, 5) is 10.4. The lowest BCUT2D eigenvalue weighted by Gasteiger charge is -2.32. The zero-order valence-electron chi connectivity index (χ0n) is 14.8. The van der Waals surface area contributed by atoms with Crippen molar-refractivity contribution in [3.63, 3.8) is 0 Å². The minimum absolute atomic E-state index is 0.00123. The van der Waals surface area contributed by atoms with E-state index in [0.29, 0.717) is 18.8 Å². The molecule has 3 aromatic rings. The molecule has 1 aliphatic rings. The second kappa shape index (κ2) is 6.92. The fourth-order valence-corrected chi connectivity index (χ4v) is 3.77. The predicted molar refractivity (Wildman–Crippen MR) is 93.0 cm³/mol. The maximum atomic E-state index is 13.6. The van der Waals surface area contributed by atoms with Gasteiger partial charge >= 0.3 is 6.18 Å². The van der Waals surface area contributed by atoms with Crippen LogP contribution in [0.15, 0.2) is 35.1 Å². The van der Waals surface area contributed by atoms with Crippen molar-refractivity contribution in [3.8, 4) is 0 Å². The van der Waals surface area contributed by atoms with Crippen molar-refractivity contribution in [1.29, 1.82) is 0 Å². The number of halogens is 3. The Morgan fingerprint density at radius 1 is 1.33 bits per heavy atom. The largest absolute Gasteiger partial charge is 0.417 e. The molecule has 4 rings (SSSR count). The quantitative estimate of drug-likeness (QED) is 0.681. The number of hydrogen-bond acceptors (Lipinski definition) is 5. The molecule has 0 bridgehead atoms. The minimum atomic E-state index is -4.48. The van der Waals surface area contributed by atoms with Gasteiger partial charge in [-0.15, -0.1) is 0 Å². The molecule has 4 heterocycles. The molecule has 0 saturated carbocycles. The second-order valence-electron chi connectivity index (χ2n) is 6.99. The van der Waals surface area contributed by atoms with Gasteiger partial charge in [-0.3, -0.25) is 9.88 Å². The zero-order valence-corrected chi connectivity index (χ0v) is 14.8. The zero-order chi connectivity index (χ0) is 19.0. The number of nitrogens with zero attached hydrogens (tertiary/aromatic N) is 4. The van der Waals surface area contributed by atoms with Gasteiger partial charge in [-0.05, 0) is 44.0 Å². The average molecular weight is 376 g/mol. The SMILES string of the molecule is Cc1cc(C(F)(F)F)c2c(C3CCCN(Cc4cccnc4)C3)noc2n1. The molecule has 27 heavy (non-hydrogen) atoms. The lowest BCUT2D eigenvalue weighted by Crippen LogP contribution is -2.34. The Kier molecular flexibility index (Phi) is 4.59. The first kappa shape index (κ1) is 17.9. The van der Waals surface area contributed by atoms with Gasteiger partial charge in [0.2, 0.25) is 0 Å². The van der Waals surface area contributed by atoms with E-state index in [1.165, 1.54) is 6.92 Å². The van der Waals surface area contributed by atoms with E-state index in [4.69, 9.17) is 4.52 Å². The lowest BCUT2D eigenvalue weighted by atomic mass is 9.91. The number of piperidine rings is 1. The fourth-order valence-electron chi connectivity index (χ4n) is 3.77. The number of alkyl halides is 3. The summed E-state index contributed by atoms with van der Waals surface area (Å²) in [5.41, 5.74) is 0.948. The number of aromatic nitrogens is 3. The Balaban J connectivity index is 1.66. The van der Waals surface area contributed by atoms with Gasteiger partial charge in [-0.2, -0.15) is 13.2 Å². The number of likely N-dealkylation sites (tertiary alicyclic amines) is 1. The van der Waals surface area contributed by atoms with E-state index in [2.05, 4.69) is 20.0 Å². The fraction of sp³-hybridized carbons (Fsp3) is 0.421. The average Bonchev–Trinajstić information content (AvgIpc) is 3.05. The van der Waals surface area contributed by atoms with Crippen LogP contribution in [0.25, 0.3) is 11.1 Å². The van der Waals surface area contributed by atoms with E-state index in [1.54, 1.807) is 6.20 Å². The molecule has 1 unspecified atom stereocenters. The van der Waals surface area contributed by atoms with Crippen molar-refractivity contribution in [2.45, 2.75) is 38.4 Å². The van der Waals surface area contributed by atoms with Gasteiger partial charge in [-0.25, -0.2) is 4.98 Å². The molecule has 0 amide bonds. The number of fused-ring (bicyclic) bond motifs is 1. The highest BCUT2D eigenvalue weighted by Gasteiger charge is 2.37. The van der Waals surface area contributed by atoms with Crippen molar-refractivity contribution >= 4 is 11.1 Å². The van der Waals surface area contributed by atoms with Crippen LogP contribution in [0.5, 0.6) is 0 Å². The molecule has 3 aromatic heterocycles. The Hall–Kier alpha value is -2.48. The van der Waals surface area contributed by atoms with Crippen molar-refractivity contribution in [1.82, 2.24) is 20.0 Å². The highest BCUT2D eigenvalue weighted by atomic mass is 19.4. The molecule has 0 spiro atoms. The molecule has 1 saturated heterocycles. The summed E-state index contributed by atoms with van der Waals surface area (Å²) in [6, 6.07) is 4.95. The van der Waals surface area contributed by atoms with Crippen LogP contribution in [-0.2, 0) is 12.7 Å². The van der Waals surface area contributed by atoms with Crippen LogP contribution in [0, 0.1) is 6.92 Å². The molecule has 5 nitrogen and oxygen atoms in total. The molecule has 0 aliphatic carbocycles. The van der Waals surface area contributed by atoms with Crippen molar-refractivity contribution in [2.24, 2.45) is 0 Å². The Morgan fingerprint density at radius 2 is 2.19 bits per heavy atom. The molecular weight excluding hydrogens is 357 g/mol. The molecule has 0 aromatic carbocycles. The van der Waals surface area contributed by atoms with E-state index in [9.17, 15) is 13.2 Å². The molecule has 0 radical (unpaired) electrons. The summed E-state index contributed by atoms with van der Waals surface area (Å²) in [6.07, 6.45) is 0.716. The molecule has 1 fully saturated rings. The smallest absolute Gasteiger partial charge is 0.336 e. The van der Waals surface area contributed by atoms with E-state index < -0.39 is 11.7 Å². The first-order chi connectivity index (χ1) is 12.9. The van der Waals surface area contributed by atoms with Gasteiger partial charge in [0.1, 0.15) is 0 Å². The van der Waals surface area contributed by atoms with Crippen LogP contribution in [0.2, 0.25) is 0 Å². The molecule has 1 aliphatic heterocycles. The van der Waals surface area contributed by atoms with Gasteiger partial charge in [0.05, 0.1) is 16.6 Å². The maximum Gasteiger partial charge on any atom is 0.417 e. The molecule has 1 atom stereocenters. The van der Waals surface area contributed by atoms with Crippen LogP contribution < -0.4 is 0 Å². The van der Waals surface area contributed by atoms with Gasteiger partial charge in [0, 0.05) is 37.1 Å². The summed E-state index contributed by atoms with van der Waals surface area (Å²) in [7, 11) is 0. The van der Waals surface area contributed by atoms with E-state index in [0.717, 1.165) is 31.0 Å². The van der Waals surface area contributed by atoms with Crippen LogP contribution in [-0.4, -0.2) is 33.1 Å². The van der Waals surface area contributed by atoms with Gasteiger partial charge in [-0.1, -0.05) is 11.2 Å². The van der Waals surface area contributed by atoms with Crippen LogP contribution in [0.1, 0.15) is 41.3 Å². The molecule has 8 heteroatoms. The minimum Gasteiger partial charge on any atom is -0.336 e. The van der Waals surface area contributed by atoms with Gasteiger partial charge < -0.3 is 4.52 Å². The Morgan fingerprint density at radius 3 is 2.93 bits per heavy atom. The lowest BCUT2D eigenvalue weighted by molar-refractivity contribution is -0.136. The number of hydrogen-bond donors (Lipinski definition) is 0. The van der Waals surface area contributed by atoms with E-state index in [-0.39, 0.29) is 22.7 Å². The first-order valence-corrected chi connectivity index (χ1v) is 8.87. The van der Waals surface area contributed by atoms with E-state index in [1.807, 2.05) is 18.3 Å². The predicted octanol–water partition coefficient (Wildman–Crippen LogP) is 4.32. The highest BCUT2D eigenvalue weighted by Crippen LogP contribution is 2.40. The molecular formula is C19H19F3N4O. The van der Waals surface area contributed by atoms with Crippen LogP contribution in [0.3, 0.4) is 0 Å². The van der Waals surface area contributed by atoms with Crippen molar-refractivity contribution < 1.29 is 17.7 Å². The number of aryl methyl sites for hydroxylation is 1. The van der Waals surface area contributed by atoms with Crippen molar-refractivity contribution in [2.75, 3.05) is 13.1 Å². The third-order valence-electron chi connectivity index (χ3n) is 4.93. The van der Waals surface area contributed by atoms with E-state index >= 15 is 0 Å². The van der Waals surface area contributed by atoms with Gasteiger partial charge in [0.25, 0.3) is 5.71 Å². The molecule has 142 valence electrons. The summed E-state index contributed by atoms with van der Waals surface area (Å²) in [5.74, 6) is -0.123. The maximum absolute atomic E-state index is 13.6. The highest BCUT2D eigenvalue weighted by molar-refractivity contribution is 5.81. The molecule has 0 N–H and O–H groups in total. The summed E-state index contributed by atoms with van der Waals surface area (Å²) >= 11 is 0. The monoisotopic (exact) mass is 376 g/mol. The number of rotatable bonds is 3. The summed E-state index contributed by atoms with van der Waals surface area (Å²) < 4.78 is 45.9. The second-order valence-corrected chi connectivity index (χ2v) is 6.99. The standard InChI is InChI=1S/C19H19F3N4O/c1-12-8-15(19(20,21)22)16-17(25-27-18(16)24-12)14-5-3-7-26(11-14)10-13-4-2-6-23-9-13/h2,4,6,8-9,14H,3,5,7,10-11H2,1H3. The normalized spacial score (nSPS) is 18.9.